The lowest BCUT2D eigenvalue weighted by molar-refractivity contribution is 0.372. The number of nitrogens with zero attached hydrogens (tertiary/aromatic N) is 1. The second kappa shape index (κ2) is 5.42. The zero-order valence-corrected chi connectivity index (χ0v) is 11.3. The van der Waals surface area contributed by atoms with Crippen molar-refractivity contribution in [3.8, 4) is 11.8 Å². The van der Waals surface area contributed by atoms with Gasteiger partial charge < -0.3 is 9.72 Å². The van der Waals surface area contributed by atoms with E-state index in [9.17, 15) is 4.21 Å². The van der Waals surface area contributed by atoms with E-state index in [1.165, 1.54) is 0 Å². The lowest BCUT2D eigenvalue weighted by Gasteiger charge is -2.06. The van der Waals surface area contributed by atoms with Crippen LogP contribution in [0, 0.1) is 11.3 Å². The summed E-state index contributed by atoms with van der Waals surface area (Å²) in [4.78, 5) is 3.74. The van der Waals surface area contributed by atoms with Gasteiger partial charge in [0.15, 0.2) is 12.4 Å². The van der Waals surface area contributed by atoms with Gasteiger partial charge in [0.05, 0.1) is 26.2 Å². The van der Waals surface area contributed by atoms with E-state index in [-0.39, 0.29) is 6.61 Å². The fourth-order valence-electron chi connectivity index (χ4n) is 1.71. The predicted molar refractivity (Wildman–Crippen MR) is 71.4 cm³/mol. The molecule has 0 amide bonds. The van der Waals surface area contributed by atoms with Crippen LogP contribution in [0.25, 0.3) is 10.9 Å². The summed E-state index contributed by atoms with van der Waals surface area (Å²) < 4.78 is 17.2. The van der Waals surface area contributed by atoms with Gasteiger partial charge in [0.25, 0.3) is 0 Å². The zero-order chi connectivity index (χ0) is 13.1. The quantitative estimate of drug-likeness (QED) is 0.938. The highest BCUT2D eigenvalue weighted by molar-refractivity contribution is 7.85. The van der Waals surface area contributed by atoms with E-state index in [1.807, 2.05) is 13.0 Å². The van der Waals surface area contributed by atoms with Crippen molar-refractivity contribution in [3.05, 3.63) is 23.4 Å². The minimum Gasteiger partial charge on any atom is -0.475 e. The normalized spacial score (nSPS) is 12.3. The van der Waals surface area contributed by atoms with Crippen LogP contribution in [0.1, 0.15) is 6.92 Å². The van der Waals surface area contributed by atoms with Gasteiger partial charge in [0.1, 0.15) is 6.07 Å². The third-order valence-corrected chi connectivity index (χ3v) is 4.16. The molecule has 1 aromatic heterocycles. The molecular formula is C12H11ClN2O2S. The molecule has 18 heavy (non-hydrogen) atoms. The fraction of sp³-hybridized carbons (Fsp3) is 0.250. The zero-order valence-electron chi connectivity index (χ0n) is 9.70. The van der Waals surface area contributed by atoms with Crippen molar-refractivity contribution >= 4 is 33.3 Å². The number of halogens is 1. The van der Waals surface area contributed by atoms with Crippen LogP contribution in [-0.4, -0.2) is 21.6 Å². The van der Waals surface area contributed by atoms with E-state index >= 15 is 0 Å². The molecule has 2 rings (SSSR count). The van der Waals surface area contributed by atoms with Crippen LogP contribution in [0.15, 0.2) is 23.2 Å². The molecule has 0 aliphatic carbocycles. The maximum Gasteiger partial charge on any atom is 0.174 e. The van der Waals surface area contributed by atoms with Crippen molar-refractivity contribution in [3.63, 3.8) is 0 Å². The highest BCUT2D eigenvalue weighted by atomic mass is 35.5. The Balaban J connectivity index is 2.58. The summed E-state index contributed by atoms with van der Waals surface area (Å²) in [6.45, 7) is 1.78. The van der Waals surface area contributed by atoms with Crippen molar-refractivity contribution in [2.45, 2.75) is 11.8 Å². The minimum atomic E-state index is -1.05. The maximum absolute atomic E-state index is 11.9. The Bertz CT molecular complexity index is 645. The average Bonchev–Trinajstić information content (AvgIpc) is 2.80. The molecule has 1 atom stereocenters. The second-order valence-electron chi connectivity index (χ2n) is 3.53. The first kappa shape index (κ1) is 12.9. The van der Waals surface area contributed by atoms with Crippen LogP contribution in [0.4, 0.5) is 0 Å². The molecule has 2 aromatic rings. The van der Waals surface area contributed by atoms with Crippen molar-refractivity contribution in [1.82, 2.24) is 4.98 Å². The Morgan fingerprint density at radius 3 is 3.00 bits per heavy atom. The number of ether oxygens (including phenoxy) is 1. The number of nitriles is 1. The third-order valence-electron chi connectivity index (χ3n) is 2.51. The molecule has 0 spiro atoms. The second-order valence-corrected chi connectivity index (χ2v) is 5.65. The Morgan fingerprint density at radius 1 is 1.56 bits per heavy atom. The Morgan fingerprint density at radius 2 is 2.33 bits per heavy atom. The van der Waals surface area contributed by atoms with Crippen LogP contribution in [0.3, 0.4) is 0 Å². The average molecular weight is 283 g/mol. The minimum absolute atomic E-state index is 0.0793. The number of rotatable bonds is 4. The van der Waals surface area contributed by atoms with E-state index in [2.05, 4.69) is 4.98 Å². The SMILES string of the molecule is CCS(=O)c1c[nH]c2c(OCC#N)c(Cl)ccc12. The number of fused-ring (bicyclic) bond motifs is 1. The summed E-state index contributed by atoms with van der Waals surface area (Å²) in [5, 5.41) is 9.78. The van der Waals surface area contributed by atoms with Crippen LogP contribution >= 0.6 is 11.6 Å². The summed E-state index contributed by atoms with van der Waals surface area (Å²) in [5.74, 6) is 0.972. The third kappa shape index (κ3) is 2.22. The molecule has 1 unspecified atom stereocenters. The molecule has 4 nitrogen and oxygen atoms in total. The number of aromatic amines is 1. The standard InChI is InChI=1S/C12H11ClN2O2S/c1-2-18(16)10-7-15-11-8(10)3-4-9(13)12(11)17-6-5-14/h3-4,7,15H,2,6H2,1H3. The van der Waals surface area contributed by atoms with Gasteiger partial charge in [-0.1, -0.05) is 18.5 Å². The molecule has 0 aliphatic rings. The van der Waals surface area contributed by atoms with E-state index in [0.717, 1.165) is 10.3 Å². The molecule has 1 aromatic carbocycles. The fourth-order valence-corrected chi connectivity index (χ4v) is 2.84. The summed E-state index contributed by atoms with van der Waals surface area (Å²) >= 11 is 6.03. The van der Waals surface area contributed by atoms with Gasteiger partial charge in [0, 0.05) is 17.3 Å². The van der Waals surface area contributed by atoms with Crippen molar-refractivity contribution < 1.29 is 8.95 Å². The van der Waals surface area contributed by atoms with Crippen molar-refractivity contribution in [1.29, 1.82) is 5.26 Å². The van der Waals surface area contributed by atoms with E-state index in [4.69, 9.17) is 21.6 Å². The number of nitrogens with one attached hydrogen (secondary N) is 1. The predicted octanol–water partition coefficient (Wildman–Crippen LogP) is 2.85. The first-order valence-electron chi connectivity index (χ1n) is 5.36. The number of H-pyrrole nitrogens is 1. The topological polar surface area (TPSA) is 65.9 Å². The summed E-state index contributed by atoms with van der Waals surface area (Å²) in [5.41, 5.74) is 0.676. The van der Waals surface area contributed by atoms with Crippen LogP contribution < -0.4 is 4.74 Å². The Kier molecular flexibility index (Phi) is 3.90. The largest absolute Gasteiger partial charge is 0.475 e. The van der Waals surface area contributed by atoms with Gasteiger partial charge in [-0.15, -0.1) is 0 Å². The molecule has 1 heterocycles. The molecule has 94 valence electrons. The van der Waals surface area contributed by atoms with Gasteiger partial charge in [-0.25, -0.2) is 0 Å². The Labute approximate surface area is 112 Å². The molecule has 0 radical (unpaired) electrons. The van der Waals surface area contributed by atoms with Gasteiger partial charge in [-0.3, -0.25) is 4.21 Å². The molecule has 6 heteroatoms. The molecule has 0 bridgehead atoms. The van der Waals surface area contributed by atoms with Crippen molar-refractivity contribution in [2.75, 3.05) is 12.4 Å². The first-order chi connectivity index (χ1) is 8.69. The monoisotopic (exact) mass is 282 g/mol. The van der Waals surface area contributed by atoms with E-state index < -0.39 is 10.8 Å². The molecule has 0 fully saturated rings. The number of hydrogen-bond donors (Lipinski definition) is 1. The van der Waals surface area contributed by atoms with E-state index in [0.29, 0.717) is 22.0 Å². The number of benzene rings is 1. The van der Waals surface area contributed by atoms with Gasteiger partial charge in [0.2, 0.25) is 0 Å². The van der Waals surface area contributed by atoms with Crippen LogP contribution in [-0.2, 0) is 10.8 Å². The number of aromatic nitrogens is 1. The van der Waals surface area contributed by atoms with Gasteiger partial charge in [-0.2, -0.15) is 5.26 Å². The lowest BCUT2D eigenvalue weighted by atomic mass is 10.2. The first-order valence-corrected chi connectivity index (χ1v) is 7.06. The van der Waals surface area contributed by atoms with Crippen LogP contribution in [0.2, 0.25) is 5.02 Å². The van der Waals surface area contributed by atoms with Gasteiger partial charge in [-0.05, 0) is 12.1 Å². The summed E-state index contributed by atoms with van der Waals surface area (Å²) in [6.07, 6.45) is 1.69. The number of hydrogen-bond acceptors (Lipinski definition) is 3. The van der Waals surface area contributed by atoms with Crippen molar-refractivity contribution in [2.24, 2.45) is 0 Å². The molecular weight excluding hydrogens is 272 g/mol. The highest BCUT2D eigenvalue weighted by Crippen LogP contribution is 2.35. The smallest absolute Gasteiger partial charge is 0.174 e. The summed E-state index contributed by atoms with van der Waals surface area (Å²) in [7, 11) is -1.05. The van der Waals surface area contributed by atoms with Crippen LogP contribution in [0.5, 0.6) is 5.75 Å². The Hall–Kier alpha value is -1.51. The van der Waals surface area contributed by atoms with E-state index in [1.54, 1.807) is 18.3 Å². The molecule has 1 N–H and O–H groups in total. The summed E-state index contributed by atoms with van der Waals surface area (Å²) in [6, 6.07) is 5.38. The van der Waals surface area contributed by atoms with Gasteiger partial charge >= 0.3 is 0 Å². The lowest BCUT2D eigenvalue weighted by Crippen LogP contribution is -1.95. The molecule has 0 saturated heterocycles. The molecule has 0 aliphatic heterocycles. The highest BCUT2D eigenvalue weighted by Gasteiger charge is 2.14. The maximum atomic E-state index is 11.9. The molecule has 0 saturated carbocycles.